The average Bonchev–Trinajstić information content (AvgIpc) is 3.24. The third-order valence-corrected chi connectivity index (χ3v) is 7.30. The zero-order valence-corrected chi connectivity index (χ0v) is 20.7. The van der Waals surface area contributed by atoms with Crippen molar-refractivity contribution >= 4 is 57.1 Å². The minimum Gasteiger partial charge on any atom is -0.466 e. The maximum absolute atomic E-state index is 15.1. The minimum atomic E-state index is -1.20. The summed E-state index contributed by atoms with van der Waals surface area (Å²) in [5.41, 5.74) is 5.83. The fraction of sp³-hybridized carbons (Fsp3) is 0.103. The predicted molar refractivity (Wildman–Crippen MR) is 149 cm³/mol. The van der Waals surface area contributed by atoms with Gasteiger partial charge in [-0.1, -0.05) is 56.0 Å². The highest BCUT2D eigenvalue weighted by atomic mass is 32.1. The number of carbonyl (C=O) groups excluding carboxylic acids is 2. The van der Waals surface area contributed by atoms with E-state index < -0.39 is 29.2 Å². The maximum atomic E-state index is 15.1. The number of halogens is 1. The van der Waals surface area contributed by atoms with E-state index in [-0.39, 0.29) is 39.2 Å². The van der Waals surface area contributed by atoms with Crippen molar-refractivity contribution in [1.82, 2.24) is 4.57 Å². The normalized spacial score (nSPS) is 14.8. The lowest BCUT2D eigenvalue weighted by Gasteiger charge is -2.25. The number of aromatic nitrogens is 1. The monoisotopic (exact) mass is 542 g/mol. The molecule has 4 aromatic rings. The van der Waals surface area contributed by atoms with Gasteiger partial charge in [-0.25, -0.2) is 9.18 Å². The number of nitrogens with zero attached hydrogens (tertiary/aromatic N) is 2. The number of anilines is 1. The highest BCUT2D eigenvalue weighted by molar-refractivity contribution is 7.07. The van der Waals surface area contributed by atoms with Crippen molar-refractivity contribution in [3.8, 4) is 6.07 Å². The average molecular weight is 543 g/mol. The van der Waals surface area contributed by atoms with Crippen LogP contribution in [0.3, 0.4) is 0 Å². The number of esters is 1. The number of methoxy groups -OCH3 is 1. The van der Waals surface area contributed by atoms with Crippen LogP contribution in [-0.2, 0) is 14.3 Å². The first-order valence-electron chi connectivity index (χ1n) is 11.3. The first-order chi connectivity index (χ1) is 18.3. The van der Waals surface area contributed by atoms with Crippen molar-refractivity contribution in [2.45, 2.75) is 13.3 Å². The summed E-state index contributed by atoms with van der Waals surface area (Å²) >= 11 is 0.826. The molecular formula is C29H23FN4O4S. The van der Waals surface area contributed by atoms with Crippen LogP contribution in [0.5, 0.6) is 0 Å². The van der Waals surface area contributed by atoms with Crippen LogP contribution in [0, 0.1) is 17.1 Å². The third-order valence-electron chi connectivity index (χ3n) is 6.19. The molecule has 10 heteroatoms. The molecule has 0 fully saturated rings. The van der Waals surface area contributed by atoms with E-state index >= 15 is 4.39 Å². The fourth-order valence-electron chi connectivity index (χ4n) is 4.42. The van der Waals surface area contributed by atoms with Gasteiger partial charge in [-0.2, -0.15) is 5.26 Å². The smallest absolute Gasteiger partial charge is 0.332 e. The van der Waals surface area contributed by atoms with Crippen LogP contribution < -0.4 is 25.8 Å². The molecule has 0 aliphatic carbocycles. The number of amides is 1. The summed E-state index contributed by atoms with van der Waals surface area (Å²) in [6, 6.07) is 20.6. The van der Waals surface area contributed by atoms with Gasteiger partial charge in [-0.3, -0.25) is 14.2 Å². The molecule has 5 rings (SSSR count). The van der Waals surface area contributed by atoms with Gasteiger partial charge in [0.05, 0.1) is 30.2 Å². The van der Waals surface area contributed by atoms with E-state index in [2.05, 4.69) is 10.1 Å². The van der Waals surface area contributed by atoms with E-state index in [4.69, 9.17) is 5.73 Å². The fourth-order valence-corrected chi connectivity index (χ4v) is 5.55. The zero-order chi connectivity index (χ0) is 27.0. The Hall–Kier alpha value is -5.01. The topological polar surface area (TPSA) is 127 Å². The number of thiazole rings is 1. The molecule has 0 bridgehead atoms. The van der Waals surface area contributed by atoms with E-state index in [0.29, 0.717) is 5.69 Å². The van der Waals surface area contributed by atoms with Gasteiger partial charge in [-0.15, -0.1) is 11.3 Å². The number of allylic oxidation sites excluding steroid dienone is 1. The van der Waals surface area contributed by atoms with Gasteiger partial charge in [0.1, 0.15) is 20.8 Å². The molecule has 196 valence electrons. The second-order valence-electron chi connectivity index (χ2n) is 8.37. The molecule has 1 unspecified atom stereocenters. The van der Waals surface area contributed by atoms with E-state index in [0.717, 1.165) is 39.9 Å². The highest BCUT2D eigenvalue weighted by Gasteiger charge is 2.37. The minimum absolute atomic E-state index is 0. The molecule has 0 radical (unpaired) electrons. The molecule has 39 heavy (non-hydrogen) atoms. The van der Waals surface area contributed by atoms with Crippen molar-refractivity contribution < 1.29 is 18.7 Å². The Morgan fingerprint density at radius 2 is 1.82 bits per heavy atom. The molecule has 1 atom stereocenters. The number of nitriles is 1. The summed E-state index contributed by atoms with van der Waals surface area (Å²) in [5.74, 6) is -3.54. The molecule has 0 saturated carbocycles. The zero-order valence-electron chi connectivity index (χ0n) is 19.9. The van der Waals surface area contributed by atoms with Gasteiger partial charge in [0.2, 0.25) is 0 Å². The van der Waals surface area contributed by atoms with Gasteiger partial charge in [-0.05, 0) is 29.0 Å². The van der Waals surface area contributed by atoms with Crippen LogP contribution in [-0.4, -0.2) is 23.6 Å². The van der Waals surface area contributed by atoms with Crippen LogP contribution in [0.25, 0.3) is 28.2 Å². The van der Waals surface area contributed by atoms with Crippen LogP contribution >= 0.6 is 11.3 Å². The lowest BCUT2D eigenvalue weighted by molar-refractivity contribution is -0.133. The van der Waals surface area contributed by atoms with Crippen molar-refractivity contribution in [2.75, 3.05) is 12.4 Å². The van der Waals surface area contributed by atoms with Gasteiger partial charge in [0.15, 0.2) is 0 Å². The molecule has 1 aliphatic heterocycles. The summed E-state index contributed by atoms with van der Waals surface area (Å²) in [6.45, 7) is 0. The van der Waals surface area contributed by atoms with Crippen LogP contribution in [0.4, 0.5) is 10.1 Å². The summed E-state index contributed by atoms with van der Waals surface area (Å²) in [6.07, 6.45) is 0.981. The Morgan fingerprint density at radius 3 is 2.51 bits per heavy atom. The van der Waals surface area contributed by atoms with Gasteiger partial charge < -0.3 is 15.8 Å². The number of carbonyl (C=O) groups is 2. The van der Waals surface area contributed by atoms with Crippen molar-refractivity contribution in [2.24, 2.45) is 5.73 Å². The summed E-state index contributed by atoms with van der Waals surface area (Å²) in [7, 11) is 1.16. The molecule has 3 N–H and O–H groups in total. The molecule has 1 amide bonds. The maximum Gasteiger partial charge on any atom is 0.332 e. The van der Waals surface area contributed by atoms with E-state index in [1.807, 2.05) is 36.4 Å². The van der Waals surface area contributed by atoms with E-state index in [9.17, 15) is 19.6 Å². The largest absolute Gasteiger partial charge is 0.466 e. The summed E-state index contributed by atoms with van der Waals surface area (Å²) < 4.78 is 20.7. The molecule has 0 spiro atoms. The Kier molecular flexibility index (Phi) is 7.47. The van der Waals surface area contributed by atoms with Crippen LogP contribution in [0.1, 0.15) is 18.9 Å². The van der Waals surface area contributed by atoms with Crippen molar-refractivity contribution in [1.29, 1.82) is 5.26 Å². The van der Waals surface area contributed by atoms with Gasteiger partial charge >= 0.3 is 5.97 Å². The molecule has 1 aliphatic rings. The number of nitrogens with two attached hydrogens (primary N) is 1. The van der Waals surface area contributed by atoms with E-state index in [1.54, 1.807) is 18.2 Å². The number of hydrogen-bond acceptors (Lipinski definition) is 7. The molecular weight excluding hydrogens is 519 g/mol. The molecule has 3 aromatic carbocycles. The third kappa shape index (κ3) is 4.71. The number of fused-ring (bicyclic) bond motifs is 2. The molecule has 0 saturated heterocycles. The highest BCUT2D eigenvalue weighted by Crippen LogP contribution is 2.37. The summed E-state index contributed by atoms with van der Waals surface area (Å²) in [5, 5.41) is 14.7. The number of hydrogen-bond donors (Lipinski definition) is 2. The van der Waals surface area contributed by atoms with Crippen molar-refractivity contribution in [3.05, 3.63) is 103 Å². The molecule has 8 nitrogen and oxygen atoms in total. The number of rotatable bonds is 4. The Bertz CT molecular complexity index is 1900. The Labute approximate surface area is 226 Å². The Balaban J connectivity index is 0.00000353. The van der Waals surface area contributed by atoms with Crippen LogP contribution in [0.15, 0.2) is 77.1 Å². The molecule has 1 aromatic heterocycles. The summed E-state index contributed by atoms with van der Waals surface area (Å²) in [4.78, 5) is 39.0. The first kappa shape index (κ1) is 27.0. The SMILES string of the molecule is C.COC(=O)/C=c1\sc2n(c1=O)C(N)=C(C#N)C(c1ccccc1F)C=2C(=O)Nc1ccc2ccccc2c1. The van der Waals surface area contributed by atoms with Crippen LogP contribution in [0.2, 0.25) is 0 Å². The van der Waals surface area contributed by atoms with E-state index in [1.165, 1.54) is 18.2 Å². The van der Waals surface area contributed by atoms with Gasteiger partial charge in [0.25, 0.3) is 11.5 Å². The number of ether oxygens (including phenoxy) is 1. The van der Waals surface area contributed by atoms with Crippen molar-refractivity contribution in [3.63, 3.8) is 0 Å². The second-order valence-corrected chi connectivity index (χ2v) is 9.41. The quantitative estimate of drug-likeness (QED) is 0.382. The number of nitrogens with one attached hydrogen (secondary N) is 1. The predicted octanol–water partition coefficient (Wildman–Crippen LogP) is 3.03. The lowest BCUT2D eigenvalue weighted by atomic mass is 9.83. The second kappa shape index (κ2) is 10.8. The standard InChI is InChI=1S/C28H19FN4O4S.CH4/c1-37-22(34)13-21-27(36)33-25(31)19(14-30)23(18-8-4-5-9-20(18)29)24(28(33)38-21)26(35)32-17-11-10-15-6-2-3-7-16(15)12-17;/h2-13,23H,31H2,1H3,(H,32,35);1H4/b21-13-;. The lowest BCUT2D eigenvalue weighted by Crippen LogP contribution is -2.41. The first-order valence-corrected chi connectivity index (χ1v) is 12.2. The van der Waals surface area contributed by atoms with Gasteiger partial charge in [0, 0.05) is 17.3 Å². The molecule has 2 heterocycles. The Morgan fingerprint density at radius 1 is 1.13 bits per heavy atom. The number of benzene rings is 3.